The van der Waals surface area contributed by atoms with Crippen LogP contribution >= 0.6 is 0 Å². The minimum absolute atomic E-state index is 0.172. The van der Waals surface area contributed by atoms with Crippen LogP contribution in [0.1, 0.15) is 29.3 Å². The maximum absolute atomic E-state index is 12.1. The Bertz CT molecular complexity index is 596. The zero-order chi connectivity index (χ0) is 15.8. The van der Waals surface area contributed by atoms with E-state index in [-0.39, 0.29) is 6.42 Å². The molecule has 2 atom stereocenters. The molecule has 0 bridgehead atoms. The Labute approximate surface area is 122 Å². The van der Waals surface area contributed by atoms with E-state index in [4.69, 9.17) is 10.5 Å². The van der Waals surface area contributed by atoms with E-state index in [0.29, 0.717) is 11.1 Å². The molecule has 0 aliphatic heterocycles. The Morgan fingerprint density at radius 3 is 2.38 bits per heavy atom. The number of hydrogen-bond donors (Lipinski definition) is 1. The molecule has 1 rings (SSSR count). The number of benzene rings is 1. The van der Waals surface area contributed by atoms with Crippen molar-refractivity contribution in [3.05, 3.63) is 35.4 Å². The largest absolute Gasteiger partial charge is 0.467 e. The summed E-state index contributed by atoms with van der Waals surface area (Å²) in [6.45, 7) is 1.66. The van der Waals surface area contributed by atoms with Crippen LogP contribution in [-0.4, -0.2) is 25.0 Å². The second kappa shape index (κ2) is 7.66. The fourth-order valence-corrected chi connectivity index (χ4v) is 1.70. The number of carbonyl (C=O) groups is 2. The van der Waals surface area contributed by atoms with Gasteiger partial charge < -0.3 is 10.1 Å². The van der Waals surface area contributed by atoms with E-state index in [1.54, 1.807) is 6.92 Å². The van der Waals surface area contributed by atoms with E-state index in [2.05, 4.69) is 10.1 Å². The van der Waals surface area contributed by atoms with Gasteiger partial charge in [-0.2, -0.15) is 10.5 Å². The van der Waals surface area contributed by atoms with Crippen molar-refractivity contribution in [3.63, 3.8) is 0 Å². The molecule has 6 heteroatoms. The van der Waals surface area contributed by atoms with Crippen molar-refractivity contribution in [3.8, 4) is 12.1 Å². The first-order chi connectivity index (χ1) is 10.0. The molecule has 1 aromatic rings. The monoisotopic (exact) mass is 285 g/mol. The molecule has 1 N–H and O–H groups in total. The third-order valence-electron chi connectivity index (χ3n) is 2.88. The molecule has 0 spiro atoms. The van der Waals surface area contributed by atoms with Gasteiger partial charge in [-0.25, -0.2) is 4.79 Å². The Kier molecular flexibility index (Phi) is 5.91. The number of ether oxygens (including phenoxy) is 1. The lowest BCUT2D eigenvalue weighted by atomic mass is 10.0. The average molecular weight is 285 g/mol. The minimum Gasteiger partial charge on any atom is -0.467 e. The van der Waals surface area contributed by atoms with Crippen molar-refractivity contribution in [2.24, 2.45) is 5.92 Å². The Balaban J connectivity index is 2.82. The number of nitrogens with one attached hydrogen (secondary N) is 1. The standard InChI is InChI=1S/C15H15N3O3/c1-10(8-16)7-13(15(20)21-2)18-14(19)12-5-3-11(9-17)4-6-12/h3-6,10,13H,7H2,1-2H3,(H,18,19)/t10-,13-/m1/s1. The Hall–Kier alpha value is -2.86. The molecule has 0 unspecified atom stereocenters. The van der Waals surface area contributed by atoms with Crippen molar-refractivity contribution in [2.45, 2.75) is 19.4 Å². The van der Waals surface area contributed by atoms with Gasteiger partial charge in [0, 0.05) is 11.5 Å². The average Bonchev–Trinajstić information content (AvgIpc) is 2.53. The third kappa shape index (κ3) is 4.63. The van der Waals surface area contributed by atoms with Crippen molar-refractivity contribution in [1.82, 2.24) is 5.32 Å². The van der Waals surface area contributed by atoms with Gasteiger partial charge in [0.05, 0.1) is 24.8 Å². The highest BCUT2D eigenvalue weighted by molar-refractivity contribution is 5.96. The van der Waals surface area contributed by atoms with Crippen LogP contribution in [0, 0.1) is 28.6 Å². The highest BCUT2D eigenvalue weighted by atomic mass is 16.5. The van der Waals surface area contributed by atoms with Gasteiger partial charge in [0.2, 0.25) is 0 Å². The number of nitrogens with zero attached hydrogens (tertiary/aromatic N) is 2. The molecule has 0 heterocycles. The first kappa shape index (κ1) is 16.2. The third-order valence-corrected chi connectivity index (χ3v) is 2.88. The molecular weight excluding hydrogens is 270 g/mol. The molecule has 0 saturated carbocycles. The summed E-state index contributed by atoms with van der Waals surface area (Å²) in [6.07, 6.45) is 0.172. The normalized spacial score (nSPS) is 12.4. The summed E-state index contributed by atoms with van der Waals surface area (Å²) in [5.74, 6) is -1.45. The van der Waals surface area contributed by atoms with E-state index in [1.807, 2.05) is 12.1 Å². The number of rotatable bonds is 5. The van der Waals surface area contributed by atoms with E-state index in [9.17, 15) is 9.59 Å². The smallest absolute Gasteiger partial charge is 0.328 e. The fraction of sp³-hybridized carbons (Fsp3) is 0.333. The van der Waals surface area contributed by atoms with Gasteiger partial charge in [-0.05, 0) is 37.6 Å². The van der Waals surface area contributed by atoms with Gasteiger partial charge in [-0.3, -0.25) is 4.79 Å². The van der Waals surface area contributed by atoms with Crippen LogP contribution in [0.2, 0.25) is 0 Å². The van der Waals surface area contributed by atoms with Gasteiger partial charge in [-0.1, -0.05) is 0 Å². The number of hydrogen-bond acceptors (Lipinski definition) is 5. The summed E-state index contributed by atoms with van der Waals surface area (Å²) in [4.78, 5) is 23.7. The Morgan fingerprint density at radius 1 is 1.29 bits per heavy atom. The summed E-state index contributed by atoms with van der Waals surface area (Å²) < 4.78 is 4.62. The summed E-state index contributed by atoms with van der Waals surface area (Å²) >= 11 is 0. The van der Waals surface area contributed by atoms with Crippen molar-refractivity contribution in [1.29, 1.82) is 10.5 Å². The van der Waals surface area contributed by atoms with E-state index in [1.165, 1.54) is 31.4 Å². The van der Waals surface area contributed by atoms with Crippen LogP contribution in [-0.2, 0) is 9.53 Å². The highest BCUT2D eigenvalue weighted by Crippen LogP contribution is 2.09. The number of methoxy groups -OCH3 is 1. The second-order valence-corrected chi connectivity index (χ2v) is 4.50. The SMILES string of the molecule is COC(=O)[C@@H](C[C@@H](C)C#N)NC(=O)c1ccc(C#N)cc1. The molecule has 0 fully saturated rings. The first-order valence-electron chi connectivity index (χ1n) is 6.30. The molecule has 0 radical (unpaired) electrons. The highest BCUT2D eigenvalue weighted by Gasteiger charge is 2.24. The fourth-order valence-electron chi connectivity index (χ4n) is 1.70. The van der Waals surface area contributed by atoms with Crippen molar-refractivity contribution in [2.75, 3.05) is 7.11 Å². The minimum atomic E-state index is -0.882. The van der Waals surface area contributed by atoms with Crippen LogP contribution in [0.4, 0.5) is 0 Å². The lowest BCUT2D eigenvalue weighted by molar-refractivity contribution is -0.143. The zero-order valence-corrected chi connectivity index (χ0v) is 11.8. The molecule has 1 aromatic carbocycles. The summed E-state index contributed by atoms with van der Waals surface area (Å²) in [5.41, 5.74) is 0.765. The molecule has 1 amide bonds. The summed E-state index contributed by atoms with van der Waals surface area (Å²) in [5, 5.41) is 20.0. The lowest BCUT2D eigenvalue weighted by Crippen LogP contribution is -2.42. The molecular formula is C15H15N3O3. The van der Waals surface area contributed by atoms with Crippen LogP contribution in [0.3, 0.4) is 0 Å². The first-order valence-corrected chi connectivity index (χ1v) is 6.30. The molecule has 0 saturated heterocycles. The predicted octanol–water partition coefficient (Wildman–Crippen LogP) is 1.38. The Morgan fingerprint density at radius 2 is 1.90 bits per heavy atom. The van der Waals surface area contributed by atoms with E-state index in [0.717, 1.165) is 0 Å². The quantitative estimate of drug-likeness (QED) is 0.823. The van der Waals surface area contributed by atoms with Gasteiger partial charge in [0.15, 0.2) is 0 Å². The van der Waals surface area contributed by atoms with Gasteiger partial charge >= 0.3 is 5.97 Å². The number of carbonyl (C=O) groups excluding carboxylic acids is 2. The van der Waals surface area contributed by atoms with Crippen LogP contribution < -0.4 is 5.32 Å². The van der Waals surface area contributed by atoms with Gasteiger partial charge in [0.25, 0.3) is 5.91 Å². The molecule has 21 heavy (non-hydrogen) atoms. The topological polar surface area (TPSA) is 103 Å². The molecule has 0 aliphatic carbocycles. The van der Waals surface area contributed by atoms with E-state index < -0.39 is 23.8 Å². The van der Waals surface area contributed by atoms with E-state index >= 15 is 0 Å². The van der Waals surface area contributed by atoms with Gasteiger partial charge in [0.1, 0.15) is 6.04 Å². The number of nitriles is 2. The predicted molar refractivity (Wildman–Crippen MR) is 73.8 cm³/mol. The summed E-state index contributed by atoms with van der Waals surface area (Å²) in [7, 11) is 1.22. The zero-order valence-electron chi connectivity index (χ0n) is 11.8. The lowest BCUT2D eigenvalue weighted by Gasteiger charge is -2.17. The summed E-state index contributed by atoms with van der Waals surface area (Å²) in [6, 6.07) is 9.10. The maximum atomic E-state index is 12.1. The van der Waals surface area contributed by atoms with Crippen LogP contribution in [0.25, 0.3) is 0 Å². The van der Waals surface area contributed by atoms with Crippen LogP contribution in [0.15, 0.2) is 24.3 Å². The molecule has 108 valence electrons. The van der Waals surface area contributed by atoms with Crippen LogP contribution in [0.5, 0.6) is 0 Å². The molecule has 6 nitrogen and oxygen atoms in total. The molecule has 0 aliphatic rings. The second-order valence-electron chi connectivity index (χ2n) is 4.50. The molecule has 0 aromatic heterocycles. The maximum Gasteiger partial charge on any atom is 0.328 e. The number of esters is 1. The van der Waals surface area contributed by atoms with Crippen molar-refractivity contribution >= 4 is 11.9 Å². The van der Waals surface area contributed by atoms with Gasteiger partial charge in [-0.15, -0.1) is 0 Å². The number of amides is 1. The van der Waals surface area contributed by atoms with Crippen molar-refractivity contribution < 1.29 is 14.3 Å².